The predicted molar refractivity (Wildman–Crippen MR) is 103 cm³/mol. The highest BCUT2D eigenvalue weighted by Crippen LogP contribution is 2.35. The standard InChI is InChI=1S/C22H28FNO2/c1-2-20-21(26-15-14-24-12-4-3-5-13-24)11-8-18(16-25)22(20)17-6-9-19(23)10-7-17/h6-11,25H,2-5,12-16H2,1H3. The number of piperidine rings is 1. The third-order valence-corrected chi connectivity index (χ3v) is 5.13. The number of benzene rings is 2. The average molecular weight is 357 g/mol. The Morgan fingerprint density at radius 1 is 1.04 bits per heavy atom. The molecule has 140 valence electrons. The van der Waals surface area contributed by atoms with Crippen LogP contribution in [0.2, 0.25) is 0 Å². The minimum absolute atomic E-state index is 0.0478. The molecule has 0 saturated carbocycles. The summed E-state index contributed by atoms with van der Waals surface area (Å²) in [6, 6.07) is 10.3. The van der Waals surface area contributed by atoms with Crippen LogP contribution < -0.4 is 4.74 Å². The number of halogens is 1. The fraction of sp³-hybridized carbons (Fsp3) is 0.455. The van der Waals surface area contributed by atoms with Crippen molar-refractivity contribution >= 4 is 0 Å². The smallest absolute Gasteiger partial charge is 0.123 e. The second kappa shape index (κ2) is 9.15. The molecular weight excluding hydrogens is 329 g/mol. The number of rotatable bonds is 7. The fourth-order valence-corrected chi connectivity index (χ4v) is 3.74. The Labute approximate surface area is 155 Å². The normalized spacial score (nSPS) is 15.2. The number of hydrogen-bond donors (Lipinski definition) is 1. The largest absolute Gasteiger partial charge is 0.492 e. The van der Waals surface area contributed by atoms with Crippen molar-refractivity contribution in [2.75, 3.05) is 26.2 Å². The first-order chi connectivity index (χ1) is 12.7. The van der Waals surface area contributed by atoms with E-state index >= 15 is 0 Å². The highest BCUT2D eigenvalue weighted by atomic mass is 19.1. The van der Waals surface area contributed by atoms with Crippen molar-refractivity contribution < 1.29 is 14.2 Å². The van der Waals surface area contributed by atoms with Crippen molar-refractivity contribution in [3.05, 3.63) is 53.3 Å². The van der Waals surface area contributed by atoms with Gasteiger partial charge in [-0.05, 0) is 67.2 Å². The van der Waals surface area contributed by atoms with Gasteiger partial charge in [-0.15, -0.1) is 0 Å². The lowest BCUT2D eigenvalue weighted by Gasteiger charge is -2.26. The van der Waals surface area contributed by atoms with Gasteiger partial charge in [-0.25, -0.2) is 4.39 Å². The molecule has 0 spiro atoms. The SMILES string of the molecule is CCc1c(OCCN2CCCCC2)ccc(CO)c1-c1ccc(F)cc1. The molecule has 0 amide bonds. The lowest BCUT2D eigenvalue weighted by Crippen LogP contribution is -2.33. The first-order valence-corrected chi connectivity index (χ1v) is 9.59. The lowest BCUT2D eigenvalue weighted by atomic mass is 9.92. The number of likely N-dealkylation sites (tertiary alicyclic amines) is 1. The van der Waals surface area contributed by atoms with Gasteiger partial charge in [0.15, 0.2) is 0 Å². The summed E-state index contributed by atoms with van der Waals surface area (Å²) < 4.78 is 19.4. The zero-order valence-corrected chi connectivity index (χ0v) is 15.5. The zero-order chi connectivity index (χ0) is 18.4. The van der Waals surface area contributed by atoms with Crippen molar-refractivity contribution in [3.8, 4) is 16.9 Å². The molecule has 0 aliphatic carbocycles. The van der Waals surface area contributed by atoms with Crippen LogP contribution in [0, 0.1) is 5.82 Å². The van der Waals surface area contributed by atoms with E-state index in [9.17, 15) is 9.50 Å². The van der Waals surface area contributed by atoms with Gasteiger partial charge in [0, 0.05) is 12.1 Å². The molecule has 1 fully saturated rings. The first kappa shape index (κ1) is 18.9. The lowest BCUT2D eigenvalue weighted by molar-refractivity contribution is 0.183. The summed E-state index contributed by atoms with van der Waals surface area (Å²) in [5.41, 5.74) is 3.79. The van der Waals surface area contributed by atoms with E-state index in [1.165, 1.54) is 31.4 Å². The molecule has 1 aliphatic rings. The second-order valence-electron chi connectivity index (χ2n) is 6.85. The Morgan fingerprint density at radius 2 is 1.77 bits per heavy atom. The quantitative estimate of drug-likeness (QED) is 0.797. The van der Waals surface area contributed by atoms with Crippen LogP contribution in [-0.4, -0.2) is 36.2 Å². The van der Waals surface area contributed by atoms with Gasteiger partial charge in [-0.1, -0.05) is 31.5 Å². The Balaban J connectivity index is 1.81. The Morgan fingerprint density at radius 3 is 2.42 bits per heavy atom. The Hall–Kier alpha value is -1.91. The summed E-state index contributed by atoms with van der Waals surface area (Å²) in [7, 11) is 0. The molecule has 2 aromatic rings. The highest BCUT2D eigenvalue weighted by Gasteiger charge is 2.16. The van der Waals surface area contributed by atoms with E-state index in [0.29, 0.717) is 6.61 Å². The molecule has 0 unspecified atom stereocenters. The van der Waals surface area contributed by atoms with Gasteiger partial charge in [-0.2, -0.15) is 0 Å². The van der Waals surface area contributed by atoms with Crippen LogP contribution in [0.5, 0.6) is 5.75 Å². The first-order valence-electron chi connectivity index (χ1n) is 9.59. The molecule has 1 aliphatic heterocycles. The molecule has 2 aromatic carbocycles. The number of aliphatic hydroxyl groups is 1. The van der Waals surface area contributed by atoms with Gasteiger partial charge in [0.2, 0.25) is 0 Å². The minimum Gasteiger partial charge on any atom is -0.492 e. The van der Waals surface area contributed by atoms with E-state index < -0.39 is 0 Å². The van der Waals surface area contributed by atoms with Gasteiger partial charge in [0.25, 0.3) is 0 Å². The summed E-state index contributed by atoms with van der Waals surface area (Å²) in [6.45, 7) is 5.96. The highest BCUT2D eigenvalue weighted by molar-refractivity contribution is 5.73. The monoisotopic (exact) mass is 357 g/mol. The van der Waals surface area contributed by atoms with E-state index in [2.05, 4.69) is 11.8 Å². The maximum Gasteiger partial charge on any atom is 0.123 e. The van der Waals surface area contributed by atoms with Crippen LogP contribution in [0.1, 0.15) is 37.3 Å². The molecule has 0 atom stereocenters. The van der Waals surface area contributed by atoms with Crippen LogP contribution in [0.3, 0.4) is 0 Å². The van der Waals surface area contributed by atoms with Gasteiger partial charge in [-0.3, -0.25) is 4.90 Å². The number of aliphatic hydroxyl groups excluding tert-OH is 1. The van der Waals surface area contributed by atoms with E-state index in [1.807, 2.05) is 12.1 Å². The van der Waals surface area contributed by atoms with Crippen molar-refractivity contribution in [1.82, 2.24) is 4.90 Å². The molecule has 1 saturated heterocycles. The van der Waals surface area contributed by atoms with Gasteiger partial charge in [0.1, 0.15) is 18.2 Å². The van der Waals surface area contributed by atoms with Gasteiger partial charge >= 0.3 is 0 Å². The number of nitrogens with zero attached hydrogens (tertiary/aromatic N) is 1. The average Bonchev–Trinajstić information content (AvgIpc) is 2.69. The third kappa shape index (κ3) is 4.43. The zero-order valence-electron chi connectivity index (χ0n) is 15.5. The third-order valence-electron chi connectivity index (χ3n) is 5.13. The van der Waals surface area contributed by atoms with Crippen LogP contribution in [0.25, 0.3) is 11.1 Å². The topological polar surface area (TPSA) is 32.7 Å². The van der Waals surface area contributed by atoms with Crippen molar-refractivity contribution in [3.63, 3.8) is 0 Å². The fourth-order valence-electron chi connectivity index (χ4n) is 3.74. The number of ether oxygens (including phenoxy) is 1. The molecule has 3 nitrogen and oxygen atoms in total. The maximum absolute atomic E-state index is 13.3. The van der Waals surface area contributed by atoms with Gasteiger partial charge < -0.3 is 9.84 Å². The predicted octanol–water partition coefficient (Wildman–Crippen LogP) is 4.41. The minimum atomic E-state index is -0.258. The van der Waals surface area contributed by atoms with Crippen LogP contribution in [0.15, 0.2) is 36.4 Å². The molecule has 1 N–H and O–H groups in total. The van der Waals surface area contributed by atoms with Gasteiger partial charge in [0.05, 0.1) is 6.61 Å². The van der Waals surface area contributed by atoms with E-state index in [-0.39, 0.29) is 12.4 Å². The summed E-state index contributed by atoms with van der Waals surface area (Å²) in [5, 5.41) is 9.77. The Kier molecular flexibility index (Phi) is 6.64. The summed E-state index contributed by atoms with van der Waals surface area (Å²) >= 11 is 0. The molecule has 0 radical (unpaired) electrons. The van der Waals surface area contributed by atoms with Crippen molar-refractivity contribution in [2.45, 2.75) is 39.2 Å². The van der Waals surface area contributed by atoms with Crippen LogP contribution >= 0.6 is 0 Å². The molecule has 1 heterocycles. The second-order valence-corrected chi connectivity index (χ2v) is 6.85. The molecule has 4 heteroatoms. The summed E-state index contributed by atoms with van der Waals surface area (Å²) in [5.74, 6) is 0.604. The van der Waals surface area contributed by atoms with Crippen molar-refractivity contribution in [1.29, 1.82) is 0 Å². The molecule has 0 aromatic heterocycles. The van der Waals surface area contributed by atoms with Crippen LogP contribution in [-0.2, 0) is 13.0 Å². The van der Waals surface area contributed by atoms with E-state index in [1.54, 1.807) is 12.1 Å². The van der Waals surface area contributed by atoms with Crippen LogP contribution in [0.4, 0.5) is 4.39 Å². The molecular formula is C22H28FNO2. The molecule has 3 rings (SSSR count). The van der Waals surface area contributed by atoms with E-state index in [0.717, 1.165) is 54.1 Å². The van der Waals surface area contributed by atoms with Crippen molar-refractivity contribution in [2.24, 2.45) is 0 Å². The Bertz CT molecular complexity index is 709. The summed E-state index contributed by atoms with van der Waals surface area (Å²) in [4.78, 5) is 2.46. The number of hydrogen-bond acceptors (Lipinski definition) is 3. The summed E-state index contributed by atoms with van der Waals surface area (Å²) in [6.07, 6.45) is 4.68. The van der Waals surface area contributed by atoms with E-state index in [4.69, 9.17) is 4.74 Å². The molecule has 0 bridgehead atoms. The molecule has 26 heavy (non-hydrogen) atoms. The maximum atomic E-state index is 13.3.